The molecular formula is C16H19N5O3S. The lowest BCUT2D eigenvalue weighted by molar-refractivity contribution is -0.384. The van der Waals surface area contributed by atoms with E-state index in [0.29, 0.717) is 43.5 Å². The molecule has 8 nitrogen and oxygen atoms in total. The van der Waals surface area contributed by atoms with Gasteiger partial charge in [-0.15, -0.1) is 11.3 Å². The second-order valence-corrected chi connectivity index (χ2v) is 6.65. The number of para-hydroxylation sites is 2. The Labute approximate surface area is 149 Å². The summed E-state index contributed by atoms with van der Waals surface area (Å²) in [6.45, 7) is 2.99. The van der Waals surface area contributed by atoms with Crippen LogP contribution in [0.25, 0.3) is 0 Å². The number of carbonyl (C=O) groups excluding carboxylic acids is 1. The van der Waals surface area contributed by atoms with E-state index in [-0.39, 0.29) is 16.5 Å². The van der Waals surface area contributed by atoms with Crippen LogP contribution in [0, 0.1) is 10.1 Å². The SMILES string of the molecule is CN(C(=O)CN1CCN(c2ccccc2[N+](=O)[O-])CC1)c1nccs1. The van der Waals surface area contributed by atoms with Crippen LogP contribution in [0.4, 0.5) is 16.5 Å². The van der Waals surface area contributed by atoms with Crippen LogP contribution >= 0.6 is 11.3 Å². The Balaban J connectivity index is 1.57. The molecule has 2 heterocycles. The number of likely N-dealkylation sites (N-methyl/N-ethyl adjacent to an activating group) is 1. The summed E-state index contributed by atoms with van der Waals surface area (Å²) in [5.41, 5.74) is 0.758. The molecule has 0 N–H and O–H groups in total. The third-order valence-corrected chi connectivity index (χ3v) is 5.08. The number of rotatable bonds is 5. The Kier molecular flexibility index (Phi) is 5.25. The van der Waals surface area contributed by atoms with Crippen molar-refractivity contribution in [2.24, 2.45) is 0 Å². The fourth-order valence-electron chi connectivity index (χ4n) is 2.82. The highest BCUT2D eigenvalue weighted by Gasteiger charge is 2.25. The monoisotopic (exact) mass is 361 g/mol. The number of hydrogen-bond acceptors (Lipinski definition) is 7. The van der Waals surface area contributed by atoms with E-state index < -0.39 is 0 Å². The molecular weight excluding hydrogens is 342 g/mol. The zero-order chi connectivity index (χ0) is 17.8. The number of piperazine rings is 1. The van der Waals surface area contributed by atoms with Crippen LogP contribution in [0.2, 0.25) is 0 Å². The Morgan fingerprint density at radius 2 is 2.04 bits per heavy atom. The van der Waals surface area contributed by atoms with Gasteiger partial charge in [-0.1, -0.05) is 12.1 Å². The van der Waals surface area contributed by atoms with E-state index in [0.717, 1.165) is 0 Å². The van der Waals surface area contributed by atoms with E-state index >= 15 is 0 Å². The molecule has 9 heteroatoms. The van der Waals surface area contributed by atoms with Gasteiger partial charge in [0.1, 0.15) is 5.69 Å². The number of nitro benzene ring substituents is 1. The molecule has 0 bridgehead atoms. The van der Waals surface area contributed by atoms with Crippen molar-refractivity contribution < 1.29 is 9.72 Å². The minimum absolute atomic E-state index is 0.00547. The Bertz CT molecular complexity index is 744. The first-order chi connectivity index (χ1) is 12.1. The van der Waals surface area contributed by atoms with E-state index in [4.69, 9.17) is 0 Å². The quantitative estimate of drug-likeness (QED) is 0.597. The summed E-state index contributed by atoms with van der Waals surface area (Å²) >= 11 is 1.43. The molecule has 1 fully saturated rings. The van der Waals surface area contributed by atoms with Crippen molar-refractivity contribution in [1.29, 1.82) is 0 Å². The average Bonchev–Trinajstić information content (AvgIpc) is 3.16. The van der Waals surface area contributed by atoms with Crippen molar-refractivity contribution in [3.05, 3.63) is 46.0 Å². The number of nitro groups is 1. The topological polar surface area (TPSA) is 82.8 Å². The van der Waals surface area contributed by atoms with Crippen LogP contribution in [0.3, 0.4) is 0 Å². The number of benzene rings is 1. The number of carbonyl (C=O) groups is 1. The van der Waals surface area contributed by atoms with Gasteiger partial charge in [0.25, 0.3) is 5.69 Å². The van der Waals surface area contributed by atoms with Gasteiger partial charge in [0.15, 0.2) is 5.13 Å². The van der Waals surface area contributed by atoms with E-state index in [1.807, 2.05) is 10.3 Å². The molecule has 0 saturated carbocycles. The van der Waals surface area contributed by atoms with Gasteiger partial charge in [0, 0.05) is 50.9 Å². The van der Waals surface area contributed by atoms with Crippen LogP contribution in [-0.2, 0) is 4.79 Å². The maximum absolute atomic E-state index is 12.4. The van der Waals surface area contributed by atoms with Gasteiger partial charge in [0.2, 0.25) is 5.91 Å². The molecule has 1 saturated heterocycles. The Hall–Kier alpha value is -2.52. The van der Waals surface area contributed by atoms with E-state index in [1.165, 1.54) is 17.4 Å². The first-order valence-electron chi connectivity index (χ1n) is 7.93. The molecule has 1 aliphatic heterocycles. The van der Waals surface area contributed by atoms with Crippen LogP contribution in [0.15, 0.2) is 35.8 Å². The summed E-state index contributed by atoms with van der Waals surface area (Å²) in [6, 6.07) is 6.77. The number of thiazole rings is 1. The minimum atomic E-state index is -0.353. The van der Waals surface area contributed by atoms with Gasteiger partial charge >= 0.3 is 0 Å². The van der Waals surface area contributed by atoms with E-state index in [2.05, 4.69) is 9.88 Å². The van der Waals surface area contributed by atoms with Crippen molar-refractivity contribution in [2.45, 2.75) is 0 Å². The molecule has 1 aromatic heterocycles. The Morgan fingerprint density at radius 1 is 1.32 bits per heavy atom. The highest BCUT2D eigenvalue weighted by Crippen LogP contribution is 2.28. The van der Waals surface area contributed by atoms with Crippen molar-refractivity contribution in [2.75, 3.05) is 49.6 Å². The third kappa shape index (κ3) is 3.94. The smallest absolute Gasteiger partial charge is 0.292 e. The molecule has 0 spiro atoms. The third-order valence-electron chi connectivity index (χ3n) is 4.23. The second kappa shape index (κ2) is 7.58. The molecule has 0 radical (unpaired) electrons. The maximum atomic E-state index is 12.4. The van der Waals surface area contributed by atoms with Crippen LogP contribution in [0.5, 0.6) is 0 Å². The normalized spacial score (nSPS) is 15.2. The highest BCUT2D eigenvalue weighted by atomic mass is 32.1. The largest absolute Gasteiger partial charge is 0.363 e. The summed E-state index contributed by atoms with van der Waals surface area (Å²) in [7, 11) is 1.73. The van der Waals surface area contributed by atoms with Crippen molar-refractivity contribution in [1.82, 2.24) is 9.88 Å². The predicted molar refractivity (Wildman–Crippen MR) is 97.3 cm³/mol. The van der Waals surface area contributed by atoms with E-state index in [1.54, 1.807) is 36.3 Å². The predicted octanol–water partition coefficient (Wildman–Crippen LogP) is 1.84. The summed E-state index contributed by atoms with van der Waals surface area (Å²) in [5.74, 6) is -0.00547. The molecule has 0 unspecified atom stereocenters. The summed E-state index contributed by atoms with van der Waals surface area (Å²) in [6.07, 6.45) is 1.68. The zero-order valence-electron chi connectivity index (χ0n) is 13.9. The fourth-order valence-corrected chi connectivity index (χ4v) is 3.44. The lowest BCUT2D eigenvalue weighted by atomic mass is 10.2. The molecule has 0 atom stereocenters. The fraction of sp³-hybridized carbons (Fsp3) is 0.375. The van der Waals surface area contributed by atoms with Gasteiger partial charge in [-0.2, -0.15) is 0 Å². The summed E-state index contributed by atoms with van der Waals surface area (Å²) < 4.78 is 0. The van der Waals surface area contributed by atoms with E-state index in [9.17, 15) is 14.9 Å². The molecule has 1 aliphatic rings. The molecule has 3 rings (SSSR count). The lowest BCUT2D eigenvalue weighted by Crippen LogP contribution is -2.49. The summed E-state index contributed by atoms with van der Waals surface area (Å²) in [5, 5.41) is 13.7. The van der Waals surface area contributed by atoms with Crippen molar-refractivity contribution >= 4 is 33.8 Å². The molecule has 1 amide bonds. The van der Waals surface area contributed by atoms with Gasteiger partial charge < -0.3 is 4.90 Å². The molecule has 2 aromatic rings. The van der Waals surface area contributed by atoms with Gasteiger partial charge in [0.05, 0.1) is 11.5 Å². The second-order valence-electron chi connectivity index (χ2n) is 5.78. The summed E-state index contributed by atoms with van der Waals surface area (Å²) in [4.78, 5) is 33.0. The van der Waals surface area contributed by atoms with Crippen LogP contribution < -0.4 is 9.80 Å². The molecule has 0 aliphatic carbocycles. The highest BCUT2D eigenvalue weighted by molar-refractivity contribution is 7.13. The number of anilines is 2. The number of aromatic nitrogens is 1. The molecule has 132 valence electrons. The number of nitrogens with zero attached hydrogens (tertiary/aromatic N) is 5. The molecule has 1 aromatic carbocycles. The first kappa shape index (κ1) is 17.3. The van der Waals surface area contributed by atoms with Gasteiger partial charge in [-0.25, -0.2) is 4.98 Å². The first-order valence-corrected chi connectivity index (χ1v) is 8.81. The zero-order valence-corrected chi connectivity index (χ0v) is 14.7. The molecule has 25 heavy (non-hydrogen) atoms. The average molecular weight is 361 g/mol. The Morgan fingerprint density at radius 3 is 2.68 bits per heavy atom. The number of hydrogen-bond donors (Lipinski definition) is 0. The van der Waals surface area contributed by atoms with Crippen molar-refractivity contribution in [3.8, 4) is 0 Å². The lowest BCUT2D eigenvalue weighted by Gasteiger charge is -2.35. The maximum Gasteiger partial charge on any atom is 0.292 e. The standard InChI is InChI=1S/C16H19N5O3S/c1-18(16-17-6-11-25-16)15(22)12-19-7-9-20(10-8-19)13-4-2-3-5-14(13)21(23)24/h2-6,11H,7-10,12H2,1H3. The van der Waals surface area contributed by atoms with Crippen LogP contribution in [0.1, 0.15) is 0 Å². The van der Waals surface area contributed by atoms with Crippen LogP contribution in [-0.4, -0.2) is 60.5 Å². The van der Waals surface area contributed by atoms with Gasteiger partial charge in [-0.3, -0.25) is 24.7 Å². The number of amides is 1. The van der Waals surface area contributed by atoms with Gasteiger partial charge in [-0.05, 0) is 6.07 Å². The van der Waals surface area contributed by atoms with Crippen molar-refractivity contribution in [3.63, 3.8) is 0 Å². The minimum Gasteiger partial charge on any atom is -0.363 e.